The van der Waals surface area contributed by atoms with Crippen molar-refractivity contribution in [2.45, 2.75) is 46.0 Å². The Hall–Kier alpha value is -2.17. The van der Waals surface area contributed by atoms with Crippen molar-refractivity contribution < 1.29 is 9.59 Å². The second-order valence-electron chi connectivity index (χ2n) is 6.68. The van der Waals surface area contributed by atoms with Gasteiger partial charge in [0.2, 0.25) is 0 Å². The van der Waals surface area contributed by atoms with E-state index in [-0.39, 0.29) is 11.8 Å². The van der Waals surface area contributed by atoms with Crippen molar-refractivity contribution >= 4 is 11.8 Å². The zero-order valence-electron chi connectivity index (χ0n) is 14.6. The molecule has 0 saturated carbocycles. The van der Waals surface area contributed by atoms with Crippen LogP contribution in [0.3, 0.4) is 0 Å². The van der Waals surface area contributed by atoms with E-state index in [0.717, 1.165) is 19.3 Å². The Morgan fingerprint density at radius 2 is 1.83 bits per heavy atom. The molecule has 2 N–H and O–H groups in total. The fourth-order valence-corrected chi connectivity index (χ4v) is 2.66. The first-order chi connectivity index (χ1) is 11.6. The third kappa shape index (κ3) is 5.80. The molecular formula is C19H27N3O2. The van der Waals surface area contributed by atoms with E-state index in [1.54, 1.807) is 6.07 Å². The lowest BCUT2D eigenvalue weighted by atomic mass is 9.97. The van der Waals surface area contributed by atoms with Crippen molar-refractivity contribution in [3.05, 3.63) is 41.2 Å². The maximum Gasteiger partial charge on any atom is 0.252 e. The number of rotatable bonds is 7. The molecule has 1 aromatic rings. The van der Waals surface area contributed by atoms with Crippen LogP contribution in [-0.4, -0.2) is 29.9 Å². The molecule has 2 amide bonds. The minimum Gasteiger partial charge on any atom is -0.352 e. The maximum atomic E-state index is 12.2. The first-order valence-corrected chi connectivity index (χ1v) is 8.75. The van der Waals surface area contributed by atoms with E-state index in [1.165, 1.54) is 30.8 Å². The van der Waals surface area contributed by atoms with Gasteiger partial charge in [0.15, 0.2) is 0 Å². The smallest absolute Gasteiger partial charge is 0.252 e. The highest BCUT2D eigenvalue weighted by Gasteiger charge is 2.12. The van der Waals surface area contributed by atoms with Gasteiger partial charge in [0.05, 0.1) is 11.1 Å². The summed E-state index contributed by atoms with van der Waals surface area (Å²) in [4.78, 5) is 28.3. The molecule has 0 aliphatic heterocycles. The third-order valence-electron chi connectivity index (χ3n) is 4.05. The van der Waals surface area contributed by atoms with Crippen molar-refractivity contribution in [1.82, 2.24) is 15.6 Å². The zero-order chi connectivity index (χ0) is 17.4. The van der Waals surface area contributed by atoms with Gasteiger partial charge in [-0.3, -0.25) is 14.6 Å². The molecule has 24 heavy (non-hydrogen) atoms. The third-order valence-corrected chi connectivity index (χ3v) is 4.05. The summed E-state index contributed by atoms with van der Waals surface area (Å²) in [6.07, 6.45) is 11.0. The van der Waals surface area contributed by atoms with Gasteiger partial charge >= 0.3 is 0 Å². The minimum atomic E-state index is -0.196. The predicted octanol–water partition coefficient (Wildman–Crippen LogP) is 3.09. The van der Waals surface area contributed by atoms with Crippen LogP contribution < -0.4 is 10.6 Å². The van der Waals surface area contributed by atoms with Crippen molar-refractivity contribution in [3.63, 3.8) is 0 Å². The fraction of sp³-hybridized carbons (Fsp3) is 0.526. The number of aromatic nitrogens is 1. The summed E-state index contributed by atoms with van der Waals surface area (Å²) >= 11 is 0. The molecule has 2 rings (SSSR count). The van der Waals surface area contributed by atoms with Gasteiger partial charge in [-0.15, -0.1) is 0 Å². The summed E-state index contributed by atoms with van der Waals surface area (Å²) in [6.45, 7) is 5.28. The lowest BCUT2D eigenvalue weighted by molar-refractivity contribution is 0.0948. The number of carbonyl (C=O) groups is 2. The molecule has 0 fully saturated rings. The van der Waals surface area contributed by atoms with Gasteiger partial charge in [-0.1, -0.05) is 25.5 Å². The van der Waals surface area contributed by atoms with Crippen LogP contribution in [0.25, 0.3) is 0 Å². The number of allylic oxidation sites excluding steroid dienone is 1. The molecule has 1 heterocycles. The van der Waals surface area contributed by atoms with E-state index in [1.807, 2.05) is 13.8 Å². The second kappa shape index (κ2) is 9.21. The number of hydrogen-bond donors (Lipinski definition) is 2. The summed E-state index contributed by atoms with van der Waals surface area (Å²) < 4.78 is 0. The Balaban J connectivity index is 1.86. The number of nitrogens with zero attached hydrogens (tertiary/aromatic N) is 1. The van der Waals surface area contributed by atoms with Crippen molar-refractivity contribution in [2.75, 3.05) is 13.1 Å². The molecular weight excluding hydrogens is 302 g/mol. The number of carbonyl (C=O) groups excluding carboxylic acids is 2. The number of amides is 2. The summed E-state index contributed by atoms with van der Waals surface area (Å²) in [6, 6.07) is 1.60. The Labute approximate surface area is 143 Å². The minimum absolute atomic E-state index is 0.183. The van der Waals surface area contributed by atoms with Crippen LogP contribution in [-0.2, 0) is 0 Å². The normalized spacial score (nSPS) is 14.2. The summed E-state index contributed by atoms with van der Waals surface area (Å²) in [5, 5.41) is 5.74. The Kier molecular flexibility index (Phi) is 6.97. The fourth-order valence-electron chi connectivity index (χ4n) is 2.66. The van der Waals surface area contributed by atoms with Crippen LogP contribution in [0.15, 0.2) is 30.1 Å². The predicted molar refractivity (Wildman–Crippen MR) is 94.9 cm³/mol. The van der Waals surface area contributed by atoms with Gasteiger partial charge in [0.1, 0.15) is 0 Å². The summed E-state index contributed by atoms with van der Waals surface area (Å²) in [5.74, 6) is -0.00175. The van der Waals surface area contributed by atoms with E-state index < -0.39 is 0 Å². The molecule has 0 unspecified atom stereocenters. The molecule has 5 nitrogen and oxygen atoms in total. The number of nitrogens with one attached hydrogen (secondary N) is 2. The van der Waals surface area contributed by atoms with E-state index in [0.29, 0.717) is 30.1 Å². The van der Waals surface area contributed by atoms with Gasteiger partial charge in [-0.2, -0.15) is 0 Å². The molecule has 1 aliphatic rings. The summed E-state index contributed by atoms with van der Waals surface area (Å²) in [5.41, 5.74) is 2.27. The van der Waals surface area contributed by atoms with E-state index in [2.05, 4.69) is 21.7 Å². The molecule has 5 heteroatoms. The molecule has 0 radical (unpaired) electrons. The molecule has 130 valence electrons. The lowest BCUT2D eigenvalue weighted by Crippen LogP contribution is -2.28. The maximum absolute atomic E-state index is 12.2. The van der Waals surface area contributed by atoms with Gasteiger partial charge in [0, 0.05) is 25.5 Å². The molecule has 1 aromatic heterocycles. The van der Waals surface area contributed by atoms with Crippen LogP contribution in [0.1, 0.15) is 66.7 Å². The Bertz CT molecular complexity index is 608. The average molecular weight is 329 g/mol. The van der Waals surface area contributed by atoms with Crippen molar-refractivity contribution in [2.24, 2.45) is 5.92 Å². The highest BCUT2D eigenvalue weighted by Crippen LogP contribution is 2.19. The van der Waals surface area contributed by atoms with Crippen LogP contribution in [0.4, 0.5) is 0 Å². The van der Waals surface area contributed by atoms with Crippen LogP contribution in [0.5, 0.6) is 0 Å². The molecule has 0 atom stereocenters. The lowest BCUT2D eigenvalue weighted by Gasteiger charge is -2.13. The van der Waals surface area contributed by atoms with Gasteiger partial charge in [0.25, 0.3) is 11.8 Å². The number of pyridine rings is 1. The molecule has 0 saturated heterocycles. The Morgan fingerprint density at radius 1 is 1.12 bits per heavy atom. The van der Waals surface area contributed by atoms with Crippen LogP contribution in [0, 0.1) is 5.92 Å². The molecule has 1 aliphatic carbocycles. The Morgan fingerprint density at radius 3 is 2.46 bits per heavy atom. The standard InChI is InChI=1S/C19H27N3O2/c1-14(2)11-22-19(24)17-10-16(12-20-13-17)18(23)21-9-8-15-6-4-3-5-7-15/h6,10,12-14H,3-5,7-9,11H2,1-2H3,(H,21,23)(H,22,24). The quantitative estimate of drug-likeness (QED) is 0.755. The SMILES string of the molecule is CC(C)CNC(=O)c1cncc(C(=O)NCCC2=CCCCC2)c1. The topological polar surface area (TPSA) is 71.1 Å². The van der Waals surface area contributed by atoms with Crippen molar-refractivity contribution in [1.29, 1.82) is 0 Å². The average Bonchev–Trinajstić information content (AvgIpc) is 2.60. The van der Waals surface area contributed by atoms with Crippen molar-refractivity contribution in [3.8, 4) is 0 Å². The zero-order valence-corrected chi connectivity index (χ0v) is 14.6. The monoisotopic (exact) mass is 329 g/mol. The molecule has 0 aromatic carbocycles. The summed E-state index contributed by atoms with van der Waals surface area (Å²) in [7, 11) is 0. The molecule has 0 bridgehead atoms. The van der Waals surface area contributed by atoms with E-state index in [4.69, 9.17) is 0 Å². The highest BCUT2D eigenvalue weighted by atomic mass is 16.2. The van der Waals surface area contributed by atoms with Crippen LogP contribution >= 0.6 is 0 Å². The molecule has 0 spiro atoms. The van der Waals surface area contributed by atoms with Gasteiger partial charge < -0.3 is 10.6 Å². The highest BCUT2D eigenvalue weighted by molar-refractivity contribution is 5.99. The second-order valence-corrected chi connectivity index (χ2v) is 6.68. The van der Waals surface area contributed by atoms with Gasteiger partial charge in [-0.25, -0.2) is 0 Å². The van der Waals surface area contributed by atoms with Crippen LogP contribution in [0.2, 0.25) is 0 Å². The van der Waals surface area contributed by atoms with Gasteiger partial charge in [-0.05, 0) is 44.1 Å². The number of hydrogen-bond acceptors (Lipinski definition) is 3. The van der Waals surface area contributed by atoms with E-state index in [9.17, 15) is 9.59 Å². The first-order valence-electron chi connectivity index (χ1n) is 8.75. The largest absolute Gasteiger partial charge is 0.352 e. The first kappa shape index (κ1) is 18.2. The van der Waals surface area contributed by atoms with E-state index >= 15 is 0 Å².